The number of anilines is 1. The van der Waals surface area contributed by atoms with E-state index in [1.807, 2.05) is 43.3 Å². The van der Waals surface area contributed by atoms with Crippen molar-refractivity contribution in [2.24, 2.45) is 0 Å². The lowest BCUT2D eigenvalue weighted by Gasteiger charge is -2.11. The maximum absolute atomic E-state index is 13.3. The van der Waals surface area contributed by atoms with Crippen LogP contribution in [0.4, 0.5) is 5.69 Å². The maximum atomic E-state index is 13.3. The van der Waals surface area contributed by atoms with Gasteiger partial charge >= 0.3 is 5.97 Å². The molecule has 0 saturated heterocycles. The Labute approximate surface area is 210 Å². The standard InChI is InChI=1S/C27H22N4O4S/c1-3-35-27(34)18-11-7-8-12-20(18)30-21(32)14-31-15-28-23-22-19(17-9-5-4-6-10-17)13-16(2)29-25(22)36-24(23)26(31)33/h4-13,15H,3,14H2,1-2H3,(H,30,32). The van der Waals surface area contributed by atoms with Crippen LogP contribution in [0.25, 0.3) is 31.6 Å². The number of fused-ring (bicyclic) bond motifs is 3. The van der Waals surface area contributed by atoms with E-state index in [2.05, 4.69) is 15.3 Å². The van der Waals surface area contributed by atoms with Gasteiger partial charge in [0.1, 0.15) is 16.1 Å². The number of carbonyl (C=O) groups excluding carboxylic acids is 2. The maximum Gasteiger partial charge on any atom is 0.340 e. The predicted molar refractivity (Wildman–Crippen MR) is 140 cm³/mol. The highest BCUT2D eigenvalue weighted by Crippen LogP contribution is 2.37. The summed E-state index contributed by atoms with van der Waals surface area (Å²) in [5.74, 6) is -0.994. The number of aryl methyl sites for hydroxylation is 1. The summed E-state index contributed by atoms with van der Waals surface area (Å²) in [5.41, 5.74) is 3.61. The molecular formula is C27H22N4O4S. The largest absolute Gasteiger partial charge is 0.462 e. The van der Waals surface area contributed by atoms with Crippen LogP contribution in [-0.4, -0.2) is 33.0 Å². The first-order valence-electron chi connectivity index (χ1n) is 11.4. The van der Waals surface area contributed by atoms with Gasteiger partial charge in [0.15, 0.2) is 0 Å². The molecule has 9 heteroatoms. The van der Waals surface area contributed by atoms with E-state index in [-0.39, 0.29) is 24.3 Å². The van der Waals surface area contributed by atoms with Crippen molar-refractivity contribution in [2.45, 2.75) is 20.4 Å². The van der Waals surface area contributed by atoms with Crippen molar-refractivity contribution in [3.63, 3.8) is 0 Å². The van der Waals surface area contributed by atoms with E-state index in [1.165, 1.54) is 22.2 Å². The van der Waals surface area contributed by atoms with Crippen LogP contribution in [-0.2, 0) is 16.1 Å². The summed E-state index contributed by atoms with van der Waals surface area (Å²) in [6, 6.07) is 18.5. The van der Waals surface area contributed by atoms with Crippen LogP contribution < -0.4 is 10.9 Å². The summed E-state index contributed by atoms with van der Waals surface area (Å²) in [5, 5.41) is 3.53. The number of para-hydroxylation sites is 1. The molecule has 0 radical (unpaired) electrons. The molecule has 0 fully saturated rings. The second-order valence-electron chi connectivity index (χ2n) is 8.13. The second-order valence-corrected chi connectivity index (χ2v) is 9.13. The average Bonchev–Trinajstić information content (AvgIpc) is 3.25. The van der Waals surface area contributed by atoms with Crippen LogP contribution in [0.3, 0.4) is 0 Å². The SMILES string of the molecule is CCOC(=O)c1ccccc1NC(=O)Cn1cnc2c(sc3nc(C)cc(-c4ccccc4)c32)c1=O. The molecule has 5 rings (SSSR count). The molecule has 1 amide bonds. The third-order valence-corrected chi connectivity index (χ3v) is 6.70. The van der Waals surface area contributed by atoms with Gasteiger partial charge in [-0.05, 0) is 43.2 Å². The van der Waals surface area contributed by atoms with Crippen molar-refractivity contribution in [2.75, 3.05) is 11.9 Å². The minimum absolute atomic E-state index is 0.220. The van der Waals surface area contributed by atoms with Gasteiger partial charge in [0.05, 0.1) is 29.7 Å². The summed E-state index contributed by atoms with van der Waals surface area (Å²) in [4.78, 5) is 48.2. The van der Waals surface area contributed by atoms with E-state index < -0.39 is 11.9 Å². The van der Waals surface area contributed by atoms with Crippen LogP contribution in [0.5, 0.6) is 0 Å². The summed E-state index contributed by atoms with van der Waals surface area (Å²) in [6.07, 6.45) is 1.38. The molecule has 0 spiro atoms. The van der Waals surface area contributed by atoms with E-state index >= 15 is 0 Å². The minimum Gasteiger partial charge on any atom is -0.462 e. The Morgan fingerprint density at radius 3 is 2.61 bits per heavy atom. The molecule has 0 saturated carbocycles. The molecule has 3 aromatic heterocycles. The molecule has 36 heavy (non-hydrogen) atoms. The van der Waals surface area contributed by atoms with Gasteiger partial charge in [-0.1, -0.05) is 42.5 Å². The molecule has 8 nitrogen and oxygen atoms in total. The van der Waals surface area contributed by atoms with Gasteiger partial charge in [-0.2, -0.15) is 0 Å². The van der Waals surface area contributed by atoms with Gasteiger partial charge in [-0.15, -0.1) is 11.3 Å². The molecule has 180 valence electrons. The highest BCUT2D eigenvalue weighted by Gasteiger charge is 2.19. The normalized spacial score (nSPS) is 11.1. The lowest BCUT2D eigenvalue weighted by molar-refractivity contribution is -0.116. The Morgan fingerprint density at radius 2 is 1.83 bits per heavy atom. The third kappa shape index (κ3) is 4.36. The number of hydrogen-bond acceptors (Lipinski definition) is 7. The van der Waals surface area contributed by atoms with Gasteiger partial charge in [-0.25, -0.2) is 14.8 Å². The van der Waals surface area contributed by atoms with Gasteiger partial charge in [0.25, 0.3) is 5.56 Å². The number of pyridine rings is 1. The quantitative estimate of drug-likeness (QED) is 0.338. The number of nitrogens with zero attached hydrogens (tertiary/aromatic N) is 3. The lowest BCUT2D eigenvalue weighted by Crippen LogP contribution is -2.28. The number of thiophene rings is 1. The number of hydrogen-bond donors (Lipinski definition) is 1. The molecule has 0 aliphatic rings. The number of benzene rings is 2. The molecule has 3 heterocycles. The molecule has 5 aromatic rings. The van der Waals surface area contributed by atoms with E-state index in [4.69, 9.17) is 4.74 Å². The summed E-state index contributed by atoms with van der Waals surface area (Å²) in [6.45, 7) is 3.59. The van der Waals surface area contributed by atoms with Crippen molar-refractivity contribution in [1.82, 2.24) is 14.5 Å². The van der Waals surface area contributed by atoms with Gasteiger partial charge in [0.2, 0.25) is 5.91 Å². The molecular weight excluding hydrogens is 476 g/mol. The first kappa shape index (κ1) is 23.4. The smallest absolute Gasteiger partial charge is 0.340 e. The van der Waals surface area contributed by atoms with Crippen LogP contribution in [0.2, 0.25) is 0 Å². The number of nitrogens with one attached hydrogen (secondary N) is 1. The summed E-state index contributed by atoms with van der Waals surface area (Å²) >= 11 is 1.27. The van der Waals surface area contributed by atoms with E-state index in [0.29, 0.717) is 15.9 Å². The number of ether oxygens (including phenoxy) is 1. The zero-order valence-electron chi connectivity index (χ0n) is 19.6. The highest BCUT2D eigenvalue weighted by molar-refractivity contribution is 7.25. The van der Waals surface area contributed by atoms with Crippen molar-refractivity contribution in [3.05, 3.63) is 88.6 Å². The number of rotatable bonds is 6. The van der Waals surface area contributed by atoms with Gasteiger partial charge in [0, 0.05) is 11.1 Å². The average molecular weight is 499 g/mol. The van der Waals surface area contributed by atoms with Crippen LogP contribution in [0.1, 0.15) is 23.0 Å². The number of carbonyl (C=O) groups is 2. The fourth-order valence-electron chi connectivity index (χ4n) is 4.07. The van der Waals surface area contributed by atoms with Crippen LogP contribution in [0.15, 0.2) is 71.8 Å². The third-order valence-electron chi connectivity index (χ3n) is 5.64. The molecule has 0 aliphatic carbocycles. The number of amides is 1. The summed E-state index contributed by atoms with van der Waals surface area (Å²) < 4.78 is 6.75. The van der Waals surface area contributed by atoms with E-state index in [1.54, 1.807) is 31.2 Å². The molecule has 2 aromatic carbocycles. The number of aromatic nitrogens is 3. The molecule has 0 aliphatic heterocycles. The van der Waals surface area contributed by atoms with Crippen LogP contribution >= 0.6 is 11.3 Å². The first-order valence-corrected chi connectivity index (χ1v) is 12.2. The summed E-state index contributed by atoms with van der Waals surface area (Å²) in [7, 11) is 0. The Balaban J connectivity index is 1.50. The predicted octanol–water partition coefficient (Wildman–Crippen LogP) is 4.80. The van der Waals surface area contributed by atoms with Crippen molar-refractivity contribution < 1.29 is 14.3 Å². The Bertz CT molecular complexity index is 1670. The van der Waals surface area contributed by atoms with Crippen molar-refractivity contribution in [1.29, 1.82) is 0 Å². The fourth-order valence-corrected chi connectivity index (χ4v) is 5.21. The van der Waals surface area contributed by atoms with E-state index in [0.717, 1.165) is 27.0 Å². The molecule has 0 atom stereocenters. The van der Waals surface area contributed by atoms with Gasteiger partial charge in [-0.3, -0.25) is 14.2 Å². The van der Waals surface area contributed by atoms with Crippen molar-refractivity contribution >= 4 is 49.3 Å². The lowest BCUT2D eigenvalue weighted by atomic mass is 10.0. The Morgan fingerprint density at radius 1 is 1.08 bits per heavy atom. The molecule has 0 unspecified atom stereocenters. The Kier molecular flexibility index (Phi) is 6.30. The first-order chi connectivity index (χ1) is 17.5. The zero-order chi connectivity index (χ0) is 25.2. The van der Waals surface area contributed by atoms with Gasteiger partial charge < -0.3 is 10.1 Å². The highest BCUT2D eigenvalue weighted by atomic mass is 32.1. The minimum atomic E-state index is -0.532. The van der Waals surface area contributed by atoms with Crippen molar-refractivity contribution in [3.8, 4) is 11.1 Å². The monoisotopic (exact) mass is 498 g/mol. The van der Waals surface area contributed by atoms with E-state index in [9.17, 15) is 14.4 Å². The number of esters is 1. The topological polar surface area (TPSA) is 103 Å². The molecule has 1 N–H and O–H groups in total. The van der Waals surface area contributed by atoms with Crippen LogP contribution in [0, 0.1) is 6.92 Å². The zero-order valence-corrected chi connectivity index (χ0v) is 20.5. The Hall–Kier alpha value is -4.37. The second kappa shape index (κ2) is 9.71. The fraction of sp³-hybridized carbons (Fsp3) is 0.148. The molecule has 0 bridgehead atoms.